The first-order chi connectivity index (χ1) is 12.1. The van der Waals surface area contributed by atoms with Crippen molar-refractivity contribution >= 4 is 29.0 Å². The number of aliphatic carboxylic acids is 1. The average molecular weight is 364 g/mol. The zero-order chi connectivity index (χ0) is 18.1. The van der Waals surface area contributed by atoms with E-state index in [0.717, 1.165) is 30.7 Å². The van der Waals surface area contributed by atoms with Crippen LogP contribution in [0.1, 0.15) is 31.7 Å². The molecule has 1 atom stereocenters. The molecule has 1 fully saturated rings. The van der Waals surface area contributed by atoms with Gasteiger partial charge in [-0.3, -0.25) is 5.43 Å². The summed E-state index contributed by atoms with van der Waals surface area (Å²) < 4.78 is 10.6. The van der Waals surface area contributed by atoms with Gasteiger partial charge in [0, 0.05) is 13.2 Å². The van der Waals surface area contributed by atoms with Crippen molar-refractivity contribution in [1.82, 2.24) is 10.7 Å². The number of rotatable bonds is 8. The highest BCUT2D eigenvalue weighted by atomic mass is 32.1. The van der Waals surface area contributed by atoms with Crippen molar-refractivity contribution in [2.24, 2.45) is 5.10 Å². The monoisotopic (exact) mass is 364 g/mol. The van der Waals surface area contributed by atoms with Gasteiger partial charge in [0.1, 0.15) is 12.4 Å². The van der Waals surface area contributed by atoms with Crippen LogP contribution in [-0.2, 0) is 9.53 Å². The van der Waals surface area contributed by atoms with Crippen molar-refractivity contribution in [3.05, 3.63) is 29.8 Å². The molecular weight excluding hydrogens is 342 g/mol. The fourth-order valence-corrected chi connectivity index (χ4v) is 2.53. The molecule has 25 heavy (non-hydrogen) atoms. The highest BCUT2D eigenvalue weighted by Crippen LogP contribution is 2.14. The van der Waals surface area contributed by atoms with Crippen molar-refractivity contribution in [3.63, 3.8) is 0 Å². The Morgan fingerprint density at radius 1 is 1.44 bits per heavy atom. The van der Waals surface area contributed by atoms with Gasteiger partial charge in [0.15, 0.2) is 5.11 Å². The van der Waals surface area contributed by atoms with Crippen LogP contribution in [0, 0.1) is 0 Å². The van der Waals surface area contributed by atoms with Crippen LogP contribution in [0.4, 0.5) is 0 Å². The third-order valence-electron chi connectivity index (χ3n) is 3.69. The number of carbonyl (C=O) groups excluding carboxylic acids is 1. The average Bonchev–Trinajstić information content (AvgIpc) is 3.13. The van der Waals surface area contributed by atoms with E-state index in [1.807, 2.05) is 19.1 Å². The molecule has 0 unspecified atom stereocenters. The molecular formula is C17H22N3O4S-. The van der Waals surface area contributed by atoms with Gasteiger partial charge in [-0.1, -0.05) is 6.92 Å². The van der Waals surface area contributed by atoms with Gasteiger partial charge in [0.05, 0.1) is 17.8 Å². The van der Waals surface area contributed by atoms with Crippen molar-refractivity contribution in [2.45, 2.75) is 32.3 Å². The molecule has 1 aromatic carbocycles. The SMILES string of the molecule is CC/C(=N/NC(=S)NC[C@H]1CCCO1)c1ccc(OCC(=O)[O-])cc1. The molecule has 1 aliphatic heterocycles. The highest BCUT2D eigenvalue weighted by Gasteiger charge is 2.15. The minimum Gasteiger partial charge on any atom is -0.546 e. The Morgan fingerprint density at radius 3 is 2.80 bits per heavy atom. The number of hydrogen-bond donors (Lipinski definition) is 2. The number of thiocarbonyl (C=S) groups is 1. The second-order valence-corrected chi connectivity index (χ2v) is 5.96. The zero-order valence-corrected chi connectivity index (χ0v) is 14.9. The van der Waals surface area contributed by atoms with Gasteiger partial charge in [-0.15, -0.1) is 0 Å². The summed E-state index contributed by atoms with van der Waals surface area (Å²) in [4.78, 5) is 10.4. The first kappa shape index (κ1) is 19.1. The number of carboxylic acid groups (broad SMARTS) is 1. The number of benzene rings is 1. The quantitative estimate of drug-likeness (QED) is 0.396. The summed E-state index contributed by atoms with van der Waals surface area (Å²) in [6.45, 7) is 3.00. The lowest BCUT2D eigenvalue weighted by Crippen LogP contribution is -2.37. The van der Waals surface area contributed by atoms with Crippen molar-refractivity contribution in [2.75, 3.05) is 19.8 Å². The van der Waals surface area contributed by atoms with Gasteiger partial charge in [-0.05, 0) is 61.3 Å². The lowest BCUT2D eigenvalue weighted by Gasteiger charge is -2.13. The maximum Gasteiger partial charge on any atom is 0.187 e. The summed E-state index contributed by atoms with van der Waals surface area (Å²) in [7, 11) is 0. The minimum absolute atomic E-state index is 0.211. The fraction of sp³-hybridized carbons (Fsp3) is 0.471. The van der Waals surface area contributed by atoms with E-state index in [2.05, 4.69) is 15.8 Å². The van der Waals surface area contributed by atoms with Crippen LogP contribution in [0.25, 0.3) is 0 Å². The van der Waals surface area contributed by atoms with E-state index in [0.29, 0.717) is 23.8 Å². The molecule has 2 N–H and O–H groups in total. The molecule has 0 radical (unpaired) electrons. The molecule has 1 aliphatic rings. The van der Waals surface area contributed by atoms with Crippen LogP contribution in [-0.4, -0.2) is 42.7 Å². The number of carboxylic acids is 1. The van der Waals surface area contributed by atoms with Crippen molar-refractivity contribution in [3.8, 4) is 5.75 Å². The van der Waals surface area contributed by atoms with E-state index in [4.69, 9.17) is 21.7 Å². The van der Waals surface area contributed by atoms with Crippen LogP contribution >= 0.6 is 12.2 Å². The third kappa shape index (κ3) is 6.67. The number of ether oxygens (including phenoxy) is 2. The molecule has 1 aromatic rings. The molecule has 136 valence electrons. The molecule has 0 saturated carbocycles. The van der Waals surface area contributed by atoms with Gasteiger partial charge < -0.3 is 24.7 Å². The summed E-state index contributed by atoms with van der Waals surface area (Å²) in [5.41, 5.74) is 4.57. The molecule has 0 aliphatic carbocycles. The number of nitrogens with one attached hydrogen (secondary N) is 2. The molecule has 7 nitrogen and oxygen atoms in total. The predicted molar refractivity (Wildman–Crippen MR) is 96.5 cm³/mol. The molecule has 0 spiro atoms. The van der Waals surface area contributed by atoms with E-state index in [1.165, 1.54) is 0 Å². The second-order valence-electron chi connectivity index (χ2n) is 5.55. The number of hydrogen-bond acceptors (Lipinski definition) is 6. The first-order valence-electron chi connectivity index (χ1n) is 8.23. The molecule has 1 saturated heterocycles. The largest absolute Gasteiger partial charge is 0.546 e. The second kappa shape index (κ2) is 9.95. The van der Waals surface area contributed by atoms with Gasteiger partial charge in [0.2, 0.25) is 0 Å². The normalized spacial score (nSPS) is 17.2. The molecule has 0 bridgehead atoms. The van der Waals surface area contributed by atoms with Gasteiger partial charge >= 0.3 is 0 Å². The minimum atomic E-state index is -1.26. The van der Waals surface area contributed by atoms with Crippen LogP contribution in [0.3, 0.4) is 0 Å². The van der Waals surface area contributed by atoms with E-state index in [1.54, 1.807) is 12.1 Å². The van der Waals surface area contributed by atoms with Gasteiger partial charge in [-0.2, -0.15) is 5.10 Å². The summed E-state index contributed by atoms with van der Waals surface area (Å²) in [6.07, 6.45) is 3.06. The van der Waals surface area contributed by atoms with Crippen molar-refractivity contribution < 1.29 is 19.4 Å². The van der Waals surface area contributed by atoms with Crippen LogP contribution in [0.15, 0.2) is 29.4 Å². The molecule has 0 amide bonds. The van der Waals surface area contributed by atoms with E-state index >= 15 is 0 Å². The predicted octanol–water partition coefficient (Wildman–Crippen LogP) is 0.573. The Labute approximate surface area is 152 Å². The lowest BCUT2D eigenvalue weighted by atomic mass is 10.1. The molecule has 1 heterocycles. The molecule has 8 heteroatoms. The maximum atomic E-state index is 10.4. The number of hydrazone groups is 1. The van der Waals surface area contributed by atoms with Crippen LogP contribution in [0.5, 0.6) is 5.75 Å². The van der Waals surface area contributed by atoms with Gasteiger partial charge in [-0.25, -0.2) is 0 Å². The first-order valence-corrected chi connectivity index (χ1v) is 8.64. The Bertz CT molecular complexity index is 613. The van der Waals surface area contributed by atoms with E-state index < -0.39 is 12.6 Å². The summed E-state index contributed by atoms with van der Waals surface area (Å²) in [5.74, 6) is -0.793. The summed E-state index contributed by atoms with van der Waals surface area (Å²) >= 11 is 5.22. The zero-order valence-electron chi connectivity index (χ0n) is 14.1. The Morgan fingerprint density at radius 2 is 2.20 bits per heavy atom. The third-order valence-corrected chi connectivity index (χ3v) is 3.92. The Balaban J connectivity index is 1.85. The molecule has 0 aromatic heterocycles. The standard InChI is InChI=1S/C17H23N3O4S/c1-2-15(12-5-7-13(8-6-12)24-11-16(21)22)19-20-17(25)18-10-14-4-3-9-23-14/h5-8,14H,2-4,9-11H2,1H3,(H,21,22)(H2,18,20,25)/p-1/b19-15-/t14-/m1/s1. The maximum absolute atomic E-state index is 10.4. The van der Waals surface area contributed by atoms with Crippen molar-refractivity contribution in [1.29, 1.82) is 0 Å². The van der Waals surface area contributed by atoms with Crippen LogP contribution < -0.4 is 20.6 Å². The number of nitrogens with zero attached hydrogens (tertiary/aromatic N) is 1. The summed E-state index contributed by atoms with van der Waals surface area (Å²) in [6, 6.07) is 7.02. The Hall–Kier alpha value is -2.19. The highest BCUT2D eigenvalue weighted by molar-refractivity contribution is 7.80. The lowest BCUT2D eigenvalue weighted by molar-refractivity contribution is -0.307. The fourth-order valence-electron chi connectivity index (χ4n) is 2.40. The smallest absolute Gasteiger partial charge is 0.187 e. The van der Waals surface area contributed by atoms with Gasteiger partial charge in [0.25, 0.3) is 0 Å². The number of carbonyl (C=O) groups is 1. The molecule has 2 rings (SSSR count). The summed E-state index contributed by atoms with van der Waals surface area (Å²) in [5, 5.41) is 18.3. The van der Waals surface area contributed by atoms with E-state index in [-0.39, 0.29) is 6.10 Å². The Kier molecular flexibility index (Phi) is 7.62. The van der Waals surface area contributed by atoms with Crippen LogP contribution in [0.2, 0.25) is 0 Å². The topological polar surface area (TPSA) is 95.0 Å². The van der Waals surface area contributed by atoms with E-state index in [9.17, 15) is 9.90 Å².